The van der Waals surface area contributed by atoms with E-state index in [0.717, 1.165) is 34.1 Å². The lowest BCUT2D eigenvalue weighted by atomic mass is 10.0. The van der Waals surface area contributed by atoms with Gasteiger partial charge in [-0.3, -0.25) is 4.79 Å². The molecule has 0 aliphatic carbocycles. The van der Waals surface area contributed by atoms with Crippen LogP contribution in [0.3, 0.4) is 0 Å². The van der Waals surface area contributed by atoms with Gasteiger partial charge in [0, 0.05) is 24.9 Å². The predicted octanol–water partition coefficient (Wildman–Crippen LogP) is 2.43. The number of nitrogens with zero attached hydrogens (tertiary/aromatic N) is 1. The Kier molecular flexibility index (Phi) is 4.82. The quantitative estimate of drug-likeness (QED) is 0.847. The molecule has 0 saturated carbocycles. The normalized spacial score (nSPS) is 17.2. The van der Waals surface area contributed by atoms with Crippen molar-refractivity contribution >= 4 is 11.6 Å². The minimum Gasteiger partial charge on any atom is -0.496 e. The van der Waals surface area contributed by atoms with Gasteiger partial charge in [0.2, 0.25) is 12.9 Å². The number of fused-ring (bicyclic) bond motifs is 1. The smallest absolute Gasteiger partial charge is 0.264 e. The van der Waals surface area contributed by atoms with Crippen molar-refractivity contribution in [2.75, 3.05) is 13.9 Å². The lowest BCUT2D eigenvalue weighted by Crippen LogP contribution is -2.34. The van der Waals surface area contributed by atoms with E-state index in [1.54, 1.807) is 7.11 Å². The van der Waals surface area contributed by atoms with E-state index in [-0.39, 0.29) is 12.7 Å². The van der Waals surface area contributed by atoms with Crippen LogP contribution in [0.4, 0.5) is 0 Å². The van der Waals surface area contributed by atoms with Crippen LogP contribution in [-0.2, 0) is 22.6 Å². The van der Waals surface area contributed by atoms with E-state index in [0.29, 0.717) is 19.4 Å². The summed E-state index contributed by atoms with van der Waals surface area (Å²) in [7, 11) is 1.61. The average molecular weight is 368 g/mol. The Labute approximate surface area is 156 Å². The van der Waals surface area contributed by atoms with Crippen molar-refractivity contribution in [1.82, 2.24) is 5.32 Å². The van der Waals surface area contributed by atoms with Crippen molar-refractivity contribution in [2.45, 2.75) is 25.5 Å². The number of carbonyl (C=O) groups excluding carboxylic acids is 1. The fourth-order valence-corrected chi connectivity index (χ4v) is 3.10. The van der Waals surface area contributed by atoms with E-state index in [1.165, 1.54) is 0 Å². The summed E-state index contributed by atoms with van der Waals surface area (Å²) in [6, 6.07) is 13.3. The molecule has 1 amide bonds. The van der Waals surface area contributed by atoms with Crippen molar-refractivity contribution in [1.29, 1.82) is 0 Å². The van der Waals surface area contributed by atoms with Gasteiger partial charge in [0.05, 0.1) is 12.8 Å². The molecule has 1 atom stereocenters. The molecule has 0 unspecified atom stereocenters. The van der Waals surface area contributed by atoms with E-state index in [2.05, 4.69) is 10.5 Å². The predicted molar refractivity (Wildman–Crippen MR) is 98.0 cm³/mol. The van der Waals surface area contributed by atoms with Crippen molar-refractivity contribution in [2.24, 2.45) is 5.16 Å². The molecular weight excluding hydrogens is 348 g/mol. The van der Waals surface area contributed by atoms with E-state index >= 15 is 0 Å². The second-order valence-corrected chi connectivity index (χ2v) is 6.35. The molecule has 0 aromatic heterocycles. The Morgan fingerprint density at radius 1 is 1.22 bits per heavy atom. The van der Waals surface area contributed by atoms with Crippen molar-refractivity contribution < 1.29 is 23.8 Å². The number of benzene rings is 2. The molecule has 2 aliphatic heterocycles. The topological polar surface area (TPSA) is 78.4 Å². The number of carbonyl (C=O) groups is 1. The van der Waals surface area contributed by atoms with Crippen LogP contribution in [0, 0.1) is 0 Å². The molecule has 0 radical (unpaired) electrons. The van der Waals surface area contributed by atoms with E-state index in [9.17, 15) is 4.79 Å². The van der Waals surface area contributed by atoms with Gasteiger partial charge in [-0.2, -0.15) is 0 Å². The highest BCUT2D eigenvalue weighted by Gasteiger charge is 2.28. The van der Waals surface area contributed by atoms with E-state index in [4.69, 9.17) is 19.0 Å². The van der Waals surface area contributed by atoms with E-state index < -0.39 is 6.10 Å². The molecule has 0 fully saturated rings. The fraction of sp³-hybridized carbons (Fsp3) is 0.300. The molecular formula is C20H20N2O5. The van der Waals surface area contributed by atoms with Gasteiger partial charge in [-0.15, -0.1) is 0 Å². The SMILES string of the molecule is COc1ccccc1CNC(=O)[C@H]1CC(Cc2ccc3c(c2)OCO3)=NO1. The third-order valence-electron chi connectivity index (χ3n) is 4.51. The monoisotopic (exact) mass is 368 g/mol. The Balaban J connectivity index is 1.30. The number of hydrogen-bond donors (Lipinski definition) is 1. The van der Waals surface area contributed by atoms with Gasteiger partial charge in [0.1, 0.15) is 5.75 Å². The van der Waals surface area contributed by atoms with Gasteiger partial charge >= 0.3 is 0 Å². The first-order valence-corrected chi connectivity index (χ1v) is 8.72. The fourth-order valence-electron chi connectivity index (χ4n) is 3.10. The summed E-state index contributed by atoms with van der Waals surface area (Å²) < 4.78 is 16.0. The van der Waals surface area contributed by atoms with Crippen molar-refractivity contribution in [3.63, 3.8) is 0 Å². The summed E-state index contributed by atoms with van der Waals surface area (Å²) >= 11 is 0. The molecule has 0 spiro atoms. The summed E-state index contributed by atoms with van der Waals surface area (Å²) in [5.41, 5.74) is 2.77. The minimum atomic E-state index is -0.608. The minimum absolute atomic E-state index is 0.189. The first-order valence-electron chi connectivity index (χ1n) is 8.72. The Morgan fingerprint density at radius 3 is 2.96 bits per heavy atom. The van der Waals surface area contributed by atoms with Crippen LogP contribution in [0.2, 0.25) is 0 Å². The first kappa shape index (κ1) is 17.2. The molecule has 2 aliphatic rings. The van der Waals surface area contributed by atoms with Crippen LogP contribution in [0.15, 0.2) is 47.6 Å². The molecule has 0 saturated heterocycles. The zero-order valence-electron chi connectivity index (χ0n) is 14.9. The van der Waals surface area contributed by atoms with Crippen LogP contribution in [-0.4, -0.2) is 31.6 Å². The number of rotatable bonds is 6. The molecule has 1 N–H and O–H groups in total. The third-order valence-corrected chi connectivity index (χ3v) is 4.51. The highest BCUT2D eigenvalue weighted by Crippen LogP contribution is 2.33. The summed E-state index contributed by atoms with van der Waals surface area (Å²) in [5, 5.41) is 6.96. The molecule has 140 valence electrons. The molecule has 27 heavy (non-hydrogen) atoms. The van der Waals surface area contributed by atoms with Gasteiger partial charge in [-0.1, -0.05) is 29.4 Å². The molecule has 7 nitrogen and oxygen atoms in total. The molecule has 0 bridgehead atoms. The zero-order chi connectivity index (χ0) is 18.6. The maximum atomic E-state index is 12.4. The average Bonchev–Trinajstić information content (AvgIpc) is 3.35. The number of hydrogen-bond acceptors (Lipinski definition) is 6. The number of oxime groups is 1. The third kappa shape index (κ3) is 3.81. The largest absolute Gasteiger partial charge is 0.496 e. The first-order chi connectivity index (χ1) is 13.2. The van der Waals surface area contributed by atoms with Crippen molar-refractivity contribution in [3.05, 3.63) is 53.6 Å². The number of nitrogens with one attached hydrogen (secondary N) is 1. The number of methoxy groups -OCH3 is 1. The Morgan fingerprint density at radius 2 is 2.07 bits per heavy atom. The van der Waals surface area contributed by atoms with E-state index in [1.807, 2.05) is 42.5 Å². The zero-order valence-corrected chi connectivity index (χ0v) is 14.9. The second-order valence-electron chi connectivity index (χ2n) is 6.35. The summed E-state index contributed by atoms with van der Waals surface area (Å²) in [6.07, 6.45) is 0.461. The molecule has 2 aromatic rings. The standard InChI is InChI=1S/C20H20N2O5/c1-24-16-5-3-2-4-14(16)11-21-20(23)19-10-15(22-27-19)8-13-6-7-17-18(9-13)26-12-25-17/h2-7,9,19H,8,10-12H2,1H3,(H,21,23)/t19-/m1/s1. The maximum Gasteiger partial charge on any atom is 0.264 e. The van der Waals surface area contributed by atoms with Gasteiger partial charge in [-0.25, -0.2) is 0 Å². The van der Waals surface area contributed by atoms with Crippen LogP contribution in [0.5, 0.6) is 17.2 Å². The van der Waals surface area contributed by atoms with Gasteiger partial charge in [0.15, 0.2) is 11.5 Å². The van der Waals surface area contributed by atoms with Crippen LogP contribution >= 0.6 is 0 Å². The lowest BCUT2D eigenvalue weighted by Gasteiger charge is -2.11. The maximum absolute atomic E-state index is 12.4. The highest BCUT2D eigenvalue weighted by atomic mass is 16.7. The van der Waals surface area contributed by atoms with Crippen LogP contribution < -0.4 is 19.5 Å². The number of amides is 1. The molecule has 7 heteroatoms. The number of para-hydroxylation sites is 1. The van der Waals surface area contributed by atoms with Crippen LogP contribution in [0.1, 0.15) is 17.5 Å². The summed E-state index contributed by atoms with van der Waals surface area (Å²) in [6.45, 7) is 0.623. The van der Waals surface area contributed by atoms with Gasteiger partial charge in [-0.05, 0) is 23.8 Å². The van der Waals surface area contributed by atoms with Crippen LogP contribution in [0.25, 0.3) is 0 Å². The number of ether oxygens (including phenoxy) is 3. The van der Waals surface area contributed by atoms with Gasteiger partial charge < -0.3 is 24.4 Å². The summed E-state index contributed by atoms with van der Waals surface area (Å²) in [4.78, 5) is 17.7. The molecule has 2 aromatic carbocycles. The van der Waals surface area contributed by atoms with Crippen molar-refractivity contribution in [3.8, 4) is 17.2 Å². The Hall–Kier alpha value is -3.22. The lowest BCUT2D eigenvalue weighted by molar-refractivity contribution is -0.131. The Bertz CT molecular complexity index is 880. The highest BCUT2D eigenvalue weighted by molar-refractivity contribution is 5.94. The molecule has 2 heterocycles. The second kappa shape index (κ2) is 7.57. The molecule has 4 rings (SSSR count). The van der Waals surface area contributed by atoms with Gasteiger partial charge in [0.25, 0.3) is 5.91 Å². The summed E-state index contributed by atoms with van der Waals surface area (Å²) in [5.74, 6) is 2.03.